The summed E-state index contributed by atoms with van der Waals surface area (Å²) in [5, 5.41) is 1.28. The molecular weight excluding hydrogens is 302 g/mol. The number of aromatic amines is 2. The van der Waals surface area contributed by atoms with Gasteiger partial charge < -0.3 is 14.9 Å². The number of pyridine rings is 1. The van der Waals surface area contributed by atoms with Crippen LogP contribution in [0.4, 0.5) is 0 Å². The van der Waals surface area contributed by atoms with Crippen molar-refractivity contribution in [2.24, 2.45) is 0 Å². The molecule has 0 aliphatic carbocycles. The molecule has 1 saturated heterocycles. The molecule has 24 heavy (non-hydrogen) atoms. The Morgan fingerprint density at radius 1 is 1.00 bits per heavy atom. The maximum atomic E-state index is 12.5. The van der Waals surface area contributed by atoms with Crippen LogP contribution in [-0.4, -0.2) is 33.9 Å². The van der Waals surface area contributed by atoms with Crippen LogP contribution in [0, 0.1) is 0 Å². The molecule has 3 aromatic rings. The van der Waals surface area contributed by atoms with Gasteiger partial charge in [0.15, 0.2) is 0 Å². The Balaban J connectivity index is 1.47. The number of H-pyrrole nitrogens is 2. The average molecular weight is 321 g/mol. The number of amides is 1. The molecule has 5 heteroatoms. The number of nitrogens with one attached hydrogen (secondary N) is 2. The van der Waals surface area contributed by atoms with Gasteiger partial charge in [-0.15, -0.1) is 0 Å². The quantitative estimate of drug-likeness (QED) is 0.762. The van der Waals surface area contributed by atoms with Crippen molar-refractivity contribution in [2.75, 3.05) is 13.1 Å². The van der Waals surface area contributed by atoms with Gasteiger partial charge >= 0.3 is 0 Å². The van der Waals surface area contributed by atoms with E-state index in [9.17, 15) is 9.59 Å². The largest absolute Gasteiger partial charge is 0.361 e. The summed E-state index contributed by atoms with van der Waals surface area (Å²) in [4.78, 5) is 31.4. The Morgan fingerprint density at radius 2 is 1.79 bits per heavy atom. The van der Waals surface area contributed by atoms with E-state index in [1.807, 2.05) is 11.0 Å². The lowest BCUT2D eigenvalue weighted by molar-refractivity contribution is 0.0713. The topological polar surface area (TPSA) is 69.0 Å². The first kappa shape index (κ1) is 14.8. The molecule has 1 amide bonds. The number of hydrogen-bond acceptors (Lipinski definition) is 2. The van der Waals surface area contributed by atoms with Crippen LogP contribution in [0.2, 0.25) is 0 Å². The molecule has 2 aromatic heterocycles. The van der Waals surface area contributed by atoms with Crippen molar-refractivity contribution in [1.29, 1.82) is 0 Å². The molecule has 1 aromatic carbocycles. The molecule has 122 valence electrons. The second kappa shape index (κ2) is 6.00. The molecular formula is C19H19N3O2. The highest BCUT2D eigenvalue weighted by molar-refractivity contribution is 5.94. The fraction of sp³-hybridized carbons (Fsp3) is 0.263. The molecule has 0 bridgehead atoms. The highest BCUT2D eigenvalue weighted by atomic mass is 16.2. The third-order valence-corrected chi connectivity index (χ3v) is 4.87. The second-order valence-electron chi connectivity index (χ2n) is 6.30. The Labute approximate surface area is 139 Å². The minimum Gasteiger partial charge on any atom is -0.361 e. The smallest absolute Gasteiger partial charge is 0.255 e. The van der Waals surface area contributed by atoms with Crippen LogP contribution in [-0.2, 0) is 0 Å². The summed E-state index contributed by atoms with van der Waals surface area (Å²) in [6.45, 7) is 1.48. The molecule has 5 nitrogen and oxygen atoms in total. The van der Waals surface area contributed by atoms with Gasteiger partial charge in [-0.1, -0.05) is 18.2 Å². The molecule has 1 aliphatic rings. The summed E-state index contributed by atoms with van der Waals surface area (Å²) in [6.07, 6.45) is 5.51. The van der Waals surface area contributed by atoms with E-state index in [1.54, 1.807) is 6.07 Å². The summed E-state index contributed by atoms with van der Waals surface area (Å²) < 4.78 is 0. The van der Waals surface area contributed by atoms with Crippen LogP contribution in [0.15, 0.2) is 53.6 Å². The number of benzene rings is 1. The fourth-order valence-corrected chi connectivity index (χ4v) is 3.55. The van der Waals surface area contributed by atoms with E-state index in [1.165, 1.54) is 28.7 Å². The lowest BCUT2D eigenvalue weighted by Crippen LogP contribution is -2.38. The zero-order valence-corrected chi connectivity index (χ0v) is 13.3. The van der Waals surface area contributed by atoms with E-state index in [-0.39, 0.29) is 11.5 Å². The van der Waals surface area contributed by atoms with Gasteiger partial charge in [-0.3, -0.25) is 9.59 Å². The van der Waals surface area contributed by atoms with Crippen LogP contribution in [0.3, 0.4) is 0 Å². The van der Waals surface area contributed by atoms with Crippen molar-refractivity contribution in [3.8, 4) is 0 Å². The van der Waals surface area contributed by atoms with E-state index in [0.29, 0.717) is 11.5 Å². The number of fused-ring (bicyclic) bond motifs is 1. The van der Waals surface area contributed by atoms with Crippen molar-refractivity contribution in [1.82, 2.24) is 14.9 Å². The van der Waals surface area contributed by atoms with Crippen LogP contribution >= 0.6 is 0 Å². The summed E-state index contributed by atoms with van der Waals surface area (Å²) in [5.74, 6) is 0.462. The van der Waals surface area contributed by atoms with Gasteiger partial charge in [0, 0.05) is 42.5 Å². The zero-order valence-electron chi connectivity index (χ0n) is 13.3. The first-order valence-electron chi connectivity index (χ1n) is 8.26. The van der Waals surface area contributed by atoms with Crippen LogP contribution in [0.25, 0.3) is 10.9 Å². The average Bonchev–Trinajstić information content (AvgIpc) is 3.06. The van der Waals surface area contributed by atoms with Crippen molar-refractivity contribution in [3.05, 3.63) is 70.3 Å². The van der Waals surface area contributed by atoms with Crippen molar-refractivity contribution >= 4 is 16.8 Å². The number of aromatic nitrogens is 2. The maximum Gasteiger partial charge on any atom is 0.255 e. The Kier molecular flexibility index (Phi) is 3.69. The molecule has 0 saturated carbocycles. The number of carbonyl (C=O) groups excluding carboxylic acids is 1. The molecule has 0 atom stereocenters. The molecule has 1 fully saturated rings. The van der Waals surface area contributed by atoms with Gasteiger partial charge in [-0.2, -0.15) is 0 Å². The monoisotopic (exact) mass is 321 g/mol. The van der Waals surface area contributed by atoms with Crippen LogP contribution in [0.5, 0.6) is 0 Å². The number of rotatable bonds is 2. The number of piperidine rings is 1. The molecule has 2 N–H and O–H groups in total. The third-order valence-electron chi connectivity index (χ3n) is 4.87. The van der Waals surface area contributed by atoms with E-state index in [2.05, 4.69) is 34.4 Å². The minimum absolute atomic E-state index is 0.0105. The summed E-state index contributed by atoms with van der Waals surface area (Å²) in [6, 6.07) is 11.3. The van der Waals surface area contributed by atoms with E-state index < -0.39 is 0 Å². The van der Waals surface area contributed by atoms with E-state index in [4.69, 9.17) is 0 Å². The van der Waals surface area contributed by atoms with Gasteiger partial charge in [-0.25, -0.2) is 0 Å². The number of likely N-dealkylation sites (tertiary alicyclic amines) is 1. The van der Waals surface area contributed by atoms with Gasteiger partial charge in [0.2, 0.25) is 5.56 Å². The SMILES string of the molecule is O=C(c1ccc(=O)[nH]c1)N1CCC(c2c[nH]c3ccccc23)CC1. The predicted molar refractivity (Wildman–Crippen MR) is 93.2 cm³/mol. The van der Waals surface area contributed by atoms with Crippen molar-refractivity contribution in [3.63, 3.8) is 0 Å². The van der Waals surface area contributed by atoms with Crippen LogP contribution < -0.4 is 5.56 Å². The Bertz CT molecular complexity index is 912. The first-order valence-corrected chi connectivity index (χ1v) is 8.26. The first-order chi connectivity index (χ1) is 11.7. The molecule has 3 heterocycles. The third kappa shape index (κ3) is 2.62. The fourth-order valence-electron chi connectivity index (χ4n) is 3.55. The van der Waals surface area contributed by atoms with Gasteiger partial charge in [0.1, 0.15) is 0 Å². The number of para-hydroxylation sites is 1. The number of carbonyl (C=O) groups is 1. The summed E-state index contributed by atoms with van der Waals surface area (Å²) in [7, 11) is 0. The van der Waals surface area contributed by atoms with E-state index in [0.717, 1.165) is 25.9 Å². The highest BCUT2D eigenvalue weighted by Gasteiger charge is 2.26. The number of nitrogens with zero attached hydrogens (tertiary/aromatic N) is 1. The Morgan fingerprint density at radius 3 is 2.54 bits per heavy atom. The predicted octanol–water partition coefficient (Wildman–Crippen LogP) is 2.88. The van der Waals surface area contributed by atoms with Gasteiger partial charge in [0.05, 0.1) is 5.56 Å². The van der Waals surface area contributed by atoms with Crippen molar-refractivity contribution in [2.45, 2.75) is 18.8 Å². The summed E-state index contributed by atoms with van der Waals surface area (Å²) in [5.41, 5.74) is 2.87. The normalized spacial score (nSPS) is 15.8. The summed E-state index contributed by atoms with van der Waals surface area (Å²) >= 11 is 0. The second-order valence-corrected chi connectivity index (χ2v) is 6.30. The van der Waals surface area contributed by atoms with Gasteiger partial charge in [0.25, 0.3) is 5.91 Å². The van der Waals surface area contributed by atoms with Crippen molar-refractivity contribution < 1.29 is 4.79 Å². The van der Waals surface area contributed by atoms with E-state index >= 15 is 0 Å². The highest BCUT2D eigenvalue weighted by Crippen LogP contribution is 2.33. The van der Waals surface area contributed by atoms with Gasteiger partial charge in [-0.05, 0) is 36.5 Å². The molecule has 0 radical (unpaired) electrons. The molecule has 0 unspecified atom stereocenters. The molecule has 4 rings (SSSR count). The lowest BCUT2D eigenvalue weighted by Gasteiger charge is -2.32. The standard InChI is InChI=1S/C19H19N3O2/c23-18-6-5-14(11-21-18)19(24)22-9-7-13(8-10-22)16-12-20-17-4-2-1-3-15(16)17/h1-6,11-13,20H,7-10H2,(H,21,23). The number of hydrogen-bond donors (Lipinski definition) is 2. The molecule has 1 aliphatic heterocycles. The minimum atomic E-state index is -0.190. The molecule has 0 spiro atoms. The van der Waals surface area contributed by atoms with Crippen LogP contribution in [0.1, 0.15) is 34.7 Å². The lowest BCUT2D eigenvalue weighted by atomic mass is 9.89. The maximum absolute atomic E-state index is 12.5. The zero-order chi connectivity index (χ0) is 16.5. The Hall–Kier alpha value is -2.82.